The Kier molecular flexibility index (Phi) is 3.49. The lowest BCUT2D eigenvalue weighted by Gasteiger charge is -2.18. The van der Waals surface area contributed by atoms with Crippen LogP contribution in [0.15, 0.2) is 54.7 Å². The van der Waals surface area contributed by atoms with Crippen molar-refractivity contribution in [3.63, 3.8) is 0 Å². The minimum absolute atomic E-state index is 0.0336. The van der Waals surface area contributed by atoms with Crippen LogP contribution < -0.4 is 4.74 Å². The Bertz CT molecular complexity index is 1070. The largest absolute Gasteiger partial charge is 0.497 e. The zero-order valence-electron chi connectivity index (χ0n) is 14.9. The minimum atomic E-state index is -0.0336. The number of methoxy groups -OCH3 is 1. The molecule has 0 fully saturated rings. The second-order valence-electron chi connectivity index (χ2n) is 7.23. The van der Waals surface area contributed by atoms with E-state index in [0.717, 1.165) is 22.5 Å². The molecular weight excluding hydrogens is 310 g/mol. The molecule has 4 nitrogen and oxygen atoms in total. The van der Waals surface area contributed by atoms with E-state index >= 15 is 0 Å². The lowest BCUT2D eigenvalue weighted by Crippen LogP contribution is -2.15. The van der Waals surface area contributed by atoms with E-state index in [9.17, 15) is 0 Å². The molecule has 0 unspecified atom stereocenters. The van der Waals surface area contributed by atoms with Crippen molar-refractivity contribution in [1.29, 1.82) is 0 Å². The first-order chi connectivity index (χ1) is 12.0. The van der Waals surface area contributed by atoms with Gasteiger partial charge in [0.2, 0.25) is 5.95 Å². The third-order valence-electron chi connectivity index (χ3n) is 4.49. The van der Waals surface area contributed by atoms with Gasteiger partial charge in [0.25, 0.3) is 0 Å². The summed E-state index contributed by atoms with van der Waals surface area (Å²) in [7, 11) is 1.69. The van der Waals surface area contributed by atoms with E-state index in [-0.39, 0.29) is 5.41 Å². The summed E-state index contributed by atoms with van der Waals surface area (Å²) < 4.78 is 7.55. The number of ether oxygens (including phenoxy) is 1. The van der Waals surface area contributed by atoms with E-state index in [1.54, 1.807) is 7.11 Å². The molecule has 0 aliphatic rings. The van der Waals surface area contributed by atoms with E-state index in [0.29, 0.717) is 5.95 Å². The SMILES string of the molecule is COc1ccc2c3ccccc3n(-c3nccc(C(C)(C)C)n3)c2c1. The molecule has 4 heteroatoms. The van der Waals surface area contributed by atoms with Crippen LogP contribution in [0.1, 0.15) is 26.5 Å². The Labute approximate surface area is 147 Å². The highest BCUT2D eigenvalue weighted by Gasteiger charge is 2.19. The van der Waals surface area contributed by atoms with Crippen LogP contribution >= 0.6 is 0 Å². The predicted molar refractivity (Wildman–Crippen MR) is 102 cm³/mol. The average Bonchev–Trinajstić information content (AvgIpc) is 2.94. The third-order valence-corrected chi connectivity index (χ3v) is 4.49. The molecule has 2 heterocycles. The van der Waals surface area contributed by atoms with E-state index in [4.69, 9.17) is 9.72 Å². The van der Waals surface area contributed by atoms with Crippen molar-refractivity contribution >= 4 is 21.8 Å². The monoisotopic (exact) mass is 331 g/mol. The molecule has 0 spiro atoms. The van der Waals surface area contributed by atoms with Crippen molar-refractivity contribution in [3.8, 4) is 11.7 Å². The van der Waals surface area contributed by atoms with Crippen LogP contribution in [0.25, 0.3) is 27.8 Å². The maximum absolute atomic E-state index is 5.43. The number of nitrogens with zero attached hydrogens (tertiary/aromatic N) is 3. The van der Waals surface area contributed by atoms with Crippen LogP contribution in [-0.2, 0) is 5.41 Å². The Morgan fingerprint density at radius 3 is 2.44 bits per heavy atom. The molecule has 0 aliphatic heterocycles. The van der Waals surface area contributed by atoms with Crippen LogP contribution in [0, 0.1) is 0 Å². The number of fused-ring (bicyclic) bond motifs is 3. The Balaban J connectivity index is 2.09. The fourth-order valence-corrected chi connectivity index (χ4v) is 3.17. The average molecular weight is 331 g/mol. The first kappa shape index (κ1) is 15.6. The summed E-state index contributed by atoms with van der Waals surface area (Å²) >= 11 is 0. The summed E-state index contributed by atoms with van der Waals surface area (Å²) in [5, 5.41) is 2.35. The first-order valence-corrected chi connectivity index (χ1v) is 8.40. The van der Waals surface area contributed by atoms with Gasteiger partial charge in [-0.25, -0.2) is 9.97 Å². The standard InChI is InChI=1S/C21H21N3O/c1-21(2,3)19-11-12-22-20(23-19)24-17-8-6-5-7-15(17)16-10-9-14(25-4)13-18(16)24/h5-13H,1-4H3. The molecule has 0 N–H and O–H groups in total. The first-order valence-electron chi connectivity index (χ1n) is 8.40. The zero-order chi connectivity index (χ0) is 17.6. The molecule has 0 atom stereocenters. The summed E-state index contributed by atoms with van der Waals surface area (Å²) in [4.78, 5) is 9.42. The molecule has 0 aliphatic carbocycles. The maximum Gasteiger partial charge on any atom is 0.234 e. The number of rotatable bonds is 2. The summed E-state index contributed by atoms with van der Waals surface area (Å²) in [6, 6.07) is 16.5. The van der Waals surface area contributed by atoms with Gasteiger partial charge in [0.05, 0.1) is 23.8 Å². The van der Waals surface area contributed by atoms with E-state index in [1.165, 1.54) is 10.8 Å². The molecule has 4 aromatic rings. The Morgan fingerprint density at radius 1 is 0.920 bits per heavy atom. The molecule has 0 saturated heterocycles. The predicted octanol–water partition coefficient (Wildman–Crippen LogP) is 4.88. The fraction of sp³-hybridized carbons (Fsp3) is 0.238. The van der Waals surface area contributed by atoms with E-state index in [2.05, 4.69) is 54.6 Å². The highest BCUT2D eigenvalue weighted by molar-refractivity contribution is 6.09. The molecule has 25 heavy (non-hydrogen) atoms. The second kappa shape index (κ2) is 5.59. The summed E-state index contributed by atoms with van der Waals surface area (Å²) in [5.74, 6) is 1.51. The summed E-state index contributed by atoms with van der Waals surface area (Å²) in [6.45, 7) is 6.48. The quantitative estimate of drug-likeness (QED) is 0.525. The highest BCUT2D eigenvalue weighted by Crippen LogP contribution is 2.33. The minimum Gasteiger partial charge on any atom is -0.497 e. The van der Waals surface area contributed by atoms with Gasteiger partial charge in [0.15, 0.2) is 0 Å². The number of aromatic nitrogens is 3. The number of benzene rings is 2. The summed E-state index contributed by atoms with van der Waals surface area (Å²) in [5.41, 5.74) is 3.13. The number of hydrogen-bond acceptors (Lipinski definition) is 3. The molecule has 0 saturated carbocycles. The van der Waals surface area contributed by atoms with Crippen LogP contribution in [-0.4, -0.2) is 21.6 Å². The fourth-order valence-electron chi connectivity index (χ4n) is 3.17. The molecule has 0 radical (unpaired) electrons. The van der Waals surface area contributed by atoms with Gasteiger partial charge >= 0.3 is 0 Å². The topological polar surface area (TPSA) is 39.9 Å². The molecule has 126 valence electrons. The van der Waals surface area contributed by atoms with Crippen molar-refractivity contribution in [2.45, 2.75) is 26.2 Å². The summed E-state index contributed by atoms with van der Waals surface area (Å²) in [6.07, 6.45) is 1.84. The van der Waals surface area contributed by atoms with E-state index < -0.39 is 0 Å². The second-order valence-corrected chi connectivity index (χ2v) is 7.23. The molecule has 4 rings (SSSR count). The van der Waals surface area contributed by atoms with Crippen molar-refractivity contribution < 1.29 is 4.74 Å². The van der Waals surface area contributed by atoms with Gasteiger partial charge in [0, 0.05) is 28.5 Å². The van der Waals surface area contributed by atoms with Crippen molar-refractivity contribution in [1.82, 2.24) is 14.5 Å². The van der Waals surface area contributed by atoms with E-state index in [1.807, 2.05) is 30.5 Å². The molecule has 0 bridgehead atoms. The van der Waals surface area contributed by atoms with Gasteiger partial charge < -0.3 is 4.74 Å². The van der Waals surface area contributed by atoms with Crippen LogP contribution in [0.2, 0.25) is 0 Å². The Morgan fingerprint density at radius 2 is 1.68 bits per heavy atom. The smallest absolute Gasteiger partial charge is 0.234 e. The van der Waals surface area contributed by atoms with Crippen LogP contribution in [0.3, 0.4) is 0 Å². The maximum atomic E-state index is 5.43. The lowest BCUT2D eigenvalue weighted by atomic mass is 9.92. The van der Waals surface area contributed by atoms with Gasteiger partial charge in [-0.3, -0.25) is 4.57 Å². The van der Waals surface area contributed by atoms with Gasteiger partial charge in [-0.05, 0) is 24.3 Å². The molecular formula is C21H21N3O. The number of hydrogen-bond donors (Lipinski definition) is 0. The van der Waals surface area contributed by atoms with Gasteiger partial charge in [-0.15, -0.1) is 0 Å². The molecule has 0 amide bonds. The van der Waals surface area contributed by atoms with Gasteiger partial charge in [-0.2, -0.15) is 0 Å². The molecule has 2 aromatic carbocycles. The third kappa shape index (κ3) is 2.54. The van der Waals surface area contributed by atoms with Crippen molar-refractivity contribution in [3.05, 3.63) is 60.4 Å². The lowest BCUT2D eigenvalue weighted by molar-refractivity contribution is 0.415. The van der Waals surface area contributed by atoms with Crippen LogP contribution in [0.4, 0.5) is 0 Å². The van der Waals surface area contributed by atoms with Gasteiger partial charge in [0.1, 0.15) is 5.75 Å². The molecule has 2 aromatic heterocycles. The van der Waals surface area contributed by atoms with Gasteiger partial charge in [-0.1, -0.05) is 39.0 Å². The zero-order valence-corrected chi connectivity index (χ0v) is 14.9. The van der Waals surface area contributed by atoms with Crippen molar-refractivity contribution in [2.75, 3.05) is 7.11 Å². The Hall–Kier alpha value is -2.88. The normalized spacial score (nSPS) is 12.0. The highest BCUT2D eigenvalue weighted by atomic mass is 16.5. The number of para-hydroxylation sites is 1. The van der Waals surface area contributed by atoms with Crippen LogP contribution in [0.5, 0.6) is 5.75 Å². The van der Waals surface area contributed by atoms with Crippen molar-refractivity contribution in [2.24, 2.45) is 0 Å².